The Morgan fingerprint density at radius 2 is 1.45 bits per heavy atom. The van der Waals surface area contributed by atoms with Crippen molar-refractivity contribution in [1.29, 1.82) is 0 Å². The van der Waals surface area contributed by atoms with Crippen LogP contribution in [0.15, 0.2) is 42.5 Å². The number of fused-ring (bicyclic) bond motifs is 2. The molecule has 0 aliphatic carbocycles. The number of hydrogen-bond acceptors (Lipinski definition) is 1. The van der Waals surface area contributed by atoms with Crippen molar-refractivity contribution in [3.05, 3.63) is 88.5 Å². The summed E-state index contributed by atoms with van der Waals surface area (Å²) in [5, 5.41) is -1.69. The fourth-order valence-electron chi connectivity index (χ4n) is 3.64. The molecule has 0 aliphatic rings. The van der Waals surface area contributed by atoms with E-state index in [-0.39, 0.29) is 17.4 Å². The number of alkyl halides is 2. The maximum absolute atomic E-state index is 14.8. The van der Waals surface area contributed by atoms with Crippen molar-refractivity contribution in [2.24, 2.45) is 0 Å². The van der Waals surface area contributed by atoms with Gasteiger partial charge in [-0.15, -0.1) is 0 Å². The Labute approximate surface area is 182 Å². The van der Waals surface area contributed by atoms with Crippen LogP contribution in [0.5, 0.6) is 5.75 Å². The first-order valence-electron chi connectivity index (χ1n) is 9.78. The molecule has 0 bridgehead atoms. The summed E-state index contributed by atoms with van der Waals surface area (Å²) >= 11 is 0. The highest BCUT2D eigenvalue weighted by Crippen LogP contribution is 2.37. The first-order valence-corrected chi connectivity index (χ1v) is 9.78. The van der Waals surface area contributed by atoms with Crippen LogP contribution in [0, 0.1) is 34.9 Å². The number of rotatable bonds is 5. The van der Waals surface area contributed by atoms with E-state index in [0.29, 0.717) is 30.7 Å². The highest BCUT2D eigenvalue weighted by atomic mass is 19.3. The second kappa shape index (κ2) is 8.20. The molecule has 0 aliphatic heterocycles. The maximum atomic E-state index is 14.8. The number of benzene rings is 4. The van der Waals surface area contributed by atoms with Gasteiger partial charge in [-0.3, -0.25) is 0 Å². The van der Waals surface area contributed by atoms with Gasteiger partial charge in [-0.05, 0) is 53.1 Å². The van der Waals surface area contributed by atoms with Crippen molar-refractivity contribution < 1.29 is 39.9 Å². The summed E-state index contributed by atoms with van der Waals surface area (Å²) in [6.07, 6.45) is -3.34. The predicted octanol–water partition coefficient (Wildman–Crippen LogP) is 7.91. The standard InChI is InChI=1S/C24H14F8O/c1-2-3-12-6-11-4-5-14(9-16(11)21(28)20(12)27)24(31,32)33-15-7-13-8-18(26)22(29)23(30)19(13)17(25)10-15/h4-10H,2-3H2,1H3. The minimum absolute atomic E-state index is 0.112. The smallest absolute Gasteiger partial charge is 0.426 e. The van der Waals surface area contributed by atoms with E-state index >= 15 is 0 Å². The summed E-state index contributed by atoms with van der Waals surface area (Å²) in [5.41, 5.74) is -0.755. The zero-order valence-corrected chi connectivity index (χ0v) is 16.9. The van der Waals surface area contributed by atoms with Crippen molar-refractivity contribution in [2.75, 3.05) is 0 Å². The first-order chi connectivity index (χ1) is 15.5. The fraction of sp³-hybridized carbons (Fsp3) is 0.167. The molecule has 4 aromatic carbocycles. The Balaban J connectivity index is 1.75. The van der Waals surface area contributed by atoms with Gasteiger partial charge in [0.15, 0.2) is 29.1 Å². The lowest BCUT2D eigenvalue weighted by Crippen LogP contribution is -2.22. The number of halogens is 8. The quantitative estimate of drug-likeness (QED) is 0.213. The number of aryl methyl sites for hydroxylation is 1. The monoisotopic (exact) mass is 470 g/mol. The van der Waals surface area contributed by atoms with Crippen molar-refractivity contribution in [1.82, 2.24) is 0 Å². The molecule has 4 aromatic rings. The summed E-state index contributed by atoms with van der Waals surface area (Å²) < 4.78 is 118. The molecule has 0 heterocycles. The van der Waals surface area contributed by atoms with E-state index in [1.54, 1.807) is 6.92 Å². The molecular weight excluding hydrogens is 456 g/mol. The Morgan fingerprint density at radius 3 is 2.15 bits per heavy atom. The van der Waals surface area contributed by atoms with E-state index in [2.05, 4.69) is 4.74 Å². The highest BCUT2D eigenvalue weighted by Gasteiger charge is 2.35. The summed E-state index contributed by atoms with van der Waals surface area (Å²) in [6.45, 7) is 1.78. The second-order valence-electron chi connectivity index (χ2n) is 7.46. The molecule has 0 aromatic heterocycles. The molecule has 0 spiro atoms. The highest BCUT2D eigenvalue weighted by molar-refractivity contribution is 5.86. The van der Waals surface area contributed by atoms with Gasteiger partial charge >= 0.3 is 6.11 Å². The van der Waals surface area contributed by atoms with Crippen molar-refractivity contribution in [3.8, 4) is 5.75 Å². The second-order valence-corrected chi connectivity index (χ2v) is 7.46. The third-order valence-electron chi connectivity index (χ3n) is 5.19. The van der Waals surface area contributed by atoms with Gasteiger partial charge in [-0.2, -0.15) is 8.78 Å². The minimum Gasteiger partial charge on any atom is -0.429 e. The average molecular weight is 470 g/mol. The van der Waals surface area contributed by atoms with Gasteiger partial charge in [-0.1, -0.05) is 19.4 Å². The van der Waals surface area contributed by atoms with Crippen LogP contribution in [0.3, 0.4) is 0 Å². The van der Waals surface area contributed by atoms with E-state index in [1.807, 2.05) is 0 Å². The van der Waals surface area contributed by atoms with Gasteiger partial charge in [-0.25, -0.2) is 26.3 Å². The van der Waals surface area contributed by atoms with Crippen LogP contribution in [0.25, 0.3) is 21.5 Å². The van der Waals surface area contributed by atoms with E-state index in [1.165, 1.54) is 6.07 Å². The molecule has 0 unspecified atom stereocenters. The third-order valence-corrected chi connectivity index (χ3v) is 5.19. The van der Waals surface area contributed by atoms with E-state index in [9.17, 15) is 35.1 Å². The molecule has 0 saturated carbocycles. The Hall–Kier alpha value is -3.36. The Bertz CT molecular complexity index is 1400. The lowest BCUT2D eigenvalue weighted by atomic mass is 10.0. The van der Waals surface area contributed by atoms with Crippen molar-refractivity contribution in [2.45, 2.75) is 25.9 Å². The largest absolute Gasteiger partial charge is 0.429 e. The van der Waals surface area contributed by atoms with Crippen LogP contribution < -0.4 is 4.74 Å². The van der Waals surface area contributed by atoms with E-state index in [4.69, 9.17) is 0 Å². The van der Waals surface area contributed by atoms with Crippen LogP contribution in [0.1, 0.15) is 24.5 Å². The summed E-state index contributed by atoms with van der Waals surface area (Å²) in [5.74, 6) is -10.1. The molecule has 9 heteroatoms. The molecule has 0 atom stereocenters. The molecular formula is C24H14F8O. The van der Waals surface area contributed by atoms with Gasteiger partial charge in [0.05, 0.1) is 10.9 Å². The molecule has 33 heavy (non-hydrogen) atoms. The predicted molar refractivity (Wildman–Crippen MR) is 106 cm³/mol. The van der Waals surface area contributed by atoms with E-state index < -0.39 is 68.5 Å². The van der Waals surface area contributed by atoms with Crippen molar-refractivity contribution >= 4 is 21.5 Å². The maximum Gasteiger partial charge on any atom is 0.426 e. The fourth-order valence-corrected chi connectivity index (χ4v) is 3.64. The molecule has 0 radical (unpaired) electrons. The van der Waals surface area contributed by atoms with E-state index in [0.717, 1.165) is 12.1 Å². The van der Waals surface area contributed by atoms with Crippen LogP contribution in [-0.4, -0.2) is 0 Å². The molecule has 0 amide bonds. The molecule has 4 rings (SSSR count). The van der Waals surface area contributed by atoms with Gasteiger partial charge < -0.3 is 4.74 Å². The van der Waals surface area contributed by atoms with Crippen LogP contribution in [0.2, 0.25) is 0 Å². The van der Waals surface area contributed by atoms with Crippen LogP contribution in [0.4, 0.5) is 35.1 Å². The van der Waals surface area contributed by atoms with Gasteiger partial charge in [0.1, 0.15) is 11.6 Å². The van der Waals surface area contributed by atoms with Crippen molar-refractivity contribution in [3.63, 3.8) is 0 Å². The lowest BCUT2D eigenvalue weighted by molar-refractivity contribution is -0.185. The molecule has 0 saturated heterocycles. The molecule has 0 N–H and O–H groups in total. The summed E-state index contributed by atoms with van der Waals surface area (Å²) in [7, 11) is 0. The van der Waals surface area contributed by atoms with Gasteiger partial charge in [0, 0.05) is 11.5 Å². The number of ether oxygens (including phenoxy) is 1. The van der Waals surface area contributed by atoms with Crippen LogP contribution in [-0.2, 0) is 12.5 Å². The van der Waals surface area contributed by atoms with Gasteiger partial charge in [0.2, 0.25) is 0 Å². The topological polar surface area (TPSA) is 9.23 Å². The Kier molecular flexibility index (Phi) is 5.67. The SMILES string of the molecule is CCCc1cc2ccc(C(F)(F)Oc3cc(F)c4c(F)c(F)c(F)cc4c3)cc2c(F)c1F. The normalized spacial score (nSPS) is 12.0. The lowest BCUT2D eigenvalue weighted by Gasteiger charge is -2.20. The summed E-state index contributed by atoms with van der Waals surface area (Å²) in [6, 6.07) is 5.69. The zero-order chi connectivity index (χ0) is 24.1. The summed E-state index contributed by atoms with van der Waals surface area (Å²) in [4.78, 5) is 0. The van der Waals surface area contributed by atoms with Crippen LogP contribution >= 0.6 is 0 Å². The molecule has 1 nitrogen and oxygen atoms in total. The first kappa shape index (κ1) is 22.8. The minimum atomic E-state index is -4.16. The number of hydrogen-bond donors (Lipinski definition) is 0. The molecule has 0 fully saturated rings. The Morgan fingerprint density at radius 1 is 0.727 bits per heavy atom. The average Bonchev–Trinajstić information content (AvgIpc) is 2.75. The van der Waals surface area contributed by atoms with Gasteiger partial charge in [0.25, 0.3) is 0 Å². The third kappa shape index (κ3) is 3.96. The zero-order valence-electron chi connectivity index (χ0n) is 16.9. The molecule has 172 valence electrons.